The number of unbranched alkanes of at least 4 members (excludes halogenated alkanes) is 1. The number of likely N-dealkylation sites (tertiary alicyclic amines) is 1. The number of hydrogen-bond donors (Lipinski definition) is 1. The number of para-hydroxylation sites is 2. The van der Waals surface area contributed by atoms with Gasteiger partial charge in [-0.1, -0.05) is 36.4 Å². The SMILES string of the molecule is CN=C(NCCCCN(C)c1ccccc1)N1CCC(Oc2ccccc2)CC1. The number of hydrogen-bond acceptors (Lipinski definition) is 3. The first-order valence-corrected chi connectivity index (χ1v) is 10.7. The van der Waals surface area contributed by atoms with E-state index in [4.69, 9.17) is 4.74 Å². The normalized spacial score (nSPS) is 15.2. The highest BCUT2D eigenvalue weighted by Crippen LogP contribution is 2.18. The third-order valence-corrected chi connectivity index (χ3v) is 5.40. The van der Waals surface area contributed by atoms with E-state index in [0.29, 0.717) is 6.10 Å². The van der Waals surface area contributed by atoms with Crippen LogP contribution < -0.4 is 15.0 Å². The Bertz CT molecular complexity index is 727. The Morgan fingerprint density at radius 1 is 1.03 bits per heavy atom. The predicted molar refractivity (Wildman–Crippen MR) is 122 cm³/mol. The Hall–Kier alpha value is -2.69. The zero-order valence-electron chi connectivity index (χ0n) is 17.8. The van der Waals surface area contributed by atoms with Crippen LogP contribution in [0.1, 0.15) is 25.7 Å². The highest BCUT2D eigenvalue weighted by atomic mass is 16.5. The molecule has 0 unspecified atom stereocenters. The van der Waals surface area contributed by atoms with E-state index in [1.54, 1.807) is 0 Å². The fourth-order valence-corrected chi connectivity index (χ4v) is 3.69. The molecule has 5 heteroatoms. The highest BCUT2D eigenvalue weighted by molar-refractivity contribution is 5.79. The van der Waals surface area contributed by atoms with Crippen LogP contribution in [0.15, 0.2) is 65.7 Å². The molecule has 0 saturated carbocycles. The summed E-state index contributed by atoms with van der Waals surface area (Å²) in [6.07, 6.45) is 4.63. The summed E-state index contributed by atoms with van der Waals surface area (Å²) < 4.78 is 6.10. The molecule has 1 aliphatic rings. The van der Waals surface area contributed by atoms with Gasteiger partial charge in [0.2, 0.25) is 0 Å². The monoisotopic (exact) mass is 394 g/mol. The van der Waals surface area contributed by atoms with Crippen molar-refractivity contribution in [3.63, 3.8) is 0 Å². The molecule has 5 nitrogen and oxygen atoms in total. The van der Waals surface area contributed by atoms with Crippen LogP contribution in [0.4, 0.5) is 5.69 Å². The van der Waals surface area contributed by atoms with Crippen LogP contribution >= 0.6 is 0 Å². The average molecular weight is 395 g/mol. The average Bonchev–Trinajstić information content (AvgIpc) is 2.78. The van der Waals surface area contributed by atoms with E-state index in [-0.39, 0.29) is 0 Å². The van der Waals surface area contributed by atoms with E-state index in [0.717, 1.165) is 63.6 Å². The van der Waals surface area contributed by atoms with Crippen LogP contribution in [0.25, 0.3) is 0 Å². The van der Waals surface area contributed by atoms with Crippen molar-refractivity contribution in [2.75, 3.05) is 45.2 Å². The molecule has 0 aromatic heterocycles. The quantitative estimate of drug-likeness (QED) is 0.417. The Labute approximate surface area is 175 Å². The molecule has 0 bridgehead atoms. The Balaban J connectivity index is 1.32. The van der Waals surface area contributed by atoms with Crippen molar-refractivity contribution in [1.29, 1.82) is 0 Å². The number of ether oxygens (including phenoxy) is 1. The highest BCUT2D eigenvalue weighted by Gasteiger charge is 2.22. The third kappa shape index (κ3) is 6.70. The maximum absolute atomic E-state index is 6.10. The molecule has 29 heavy (non-hydrogen) atoms. The van der Waals surface area contributed by atoms with Crippen molar-refractivity contribution in [3.8, 4) is 5.75 Å². The van der Waals surface area contributed by atoms with Crippen LogP contribution in [-0.4, -0.2) is 57.2 Å². The molecule has 0 atom stereocenters. The van der Waals surface area contributed by atoms with Gasteiger partial charge in [-0.2, -0.15) is 0 Å². The van der Waals surface area contributed by atoms with Crippen LogP contribution in [-0.2, 0) is 0 Å². The van der Waals surface area contributed by atoms with Gasteiger partial charge in [-0.3, -0.25) is 4.99 Å². The topological polar surface area (TPSA) is 40.1 Å². The number of rotatable bonds is 8. The van der Waals surface area contributed by atoms with Gasteiger partial charge in [-0.05, 0) is 37.1 Å². The van der Waals surface area contributed by atoms with Gasteiger partial charge in [-0.15, -0.1) is 0 Å². The zero-order valence-corrected chi connectivity index (χ0v) is 17.8. The van der Waals surface area contributed by atoms with Crippen LogP contribution in [0, 0.1) is 0 Å². The standard InChI is InChI=1S/C24H34N4O/c1-25-24(26-17-9-10-18-27(2)21-11-5-3-6-12-21)28-19-15-23(16-20-28)29-22-13-7-4-8-14-22/h3-8,11-14,23H,9-10,15-20H2,1-2H3,(H,25,26). The minimum atomic E-state index is 0.292. The molecular formula is C24H34N4O. The maximum Gasteiger partial charge on any atom is 0.193 e. The molecule has 1 N–H and O–H groups in total. The van der Waals surface area contributed by atoms with Crippen molar-refractivity contribution in [3.05, 3.63) is 60.7 Å². The summed E-state index contributed by atoms with van der Waals surface area (Å²) in [4.78, 5) is 9.14. The zero-order chi connectivity index (χ0) is 20.3. The van der Waals surface area contributed by atoms with E-state index >= 15 is 0 Å². The second-order valence-electron chi connectivity index (χ2n) is 7.56. The van der Waals surface area contributed by atoms with Crippen LogP contribution in [0.3, 0.4) is 0 Å². The number of nitrogens with one attached hydrogen (secondary N) is 1. The molecule has 0 spiro atoms. The molecule has 1 saturated heterocycles. The Kier molecular flexibility index (Phi) is 8.23. The summed E-state index contributed by atoms with van der Waals surface area (Å²) in [5.41, 5.74) is 1.27. The van der Waals surface area contributed by atoms with Crippen molar-refractivity contribution in [1.82, 2.24) is 10.2 Å². The lowest BCUT2D eigenvalue weighted by molar-refractivity contribution is 0.129. The second-order valence-corrected chi connectivity index (χ2v) is 7.56. The first kappa shape index (κ1) is 21.0. The van der Waals surface area contributed by atoms with Crippen molar-refractivity contribution in [2.45, 2.75) is 31.8 Å². The number of piperidine rings is 1. The first-order chi connectivity index (χ1) is 14.3. The summed E-state index contributed by atoms with van der Waals surface area (Å²) in [5.74, 6) is 1.98. The number of benzene rings is 2. The molecule has 0 amide bonds. The van der Waals surface area contributed by atoms with E-state index in [2.05, 4.69) is 57.5 Å². The molecular weight excluding hydrogens is 360 g/mol. The van der Waals surface area contributed by atoms with Gasteiger partial charge in [-0.25, -0.2) is 0 Å². The predicted octanol–water partition coefficient (Wildman–Crippen LogP) is 4.02. The van der Waals surface area contributed by atoms with E-state index < -0.39 is 0 Å². The van der Waals surface area contributed by atoms with Crippen LogP contribution in [0.5, 0.6) is 5.75 Å². The van der Waals surface area contributed by atoms with E-state index in [9.17, 15) is 0 Å². The van der Waals surface area contributed by atoms with E-state index in [1.807, 2.05) is 37.4 Å². The molecule has 1 fully saturated rings. The molecule has 0 radical (unpaired) electrons. The number of aliphatic imine (C=N–C) groups is 1. The number of guanidine groups is 1. The third-order valence-electron chi connectivity index (χ3n) is 5.40. The smallest absolute Gasteiger partial charge is 0.193 e. The fraction of sp³-hybridized carbons (Fsp3) is 0.458. The molecule has 3 rings (SSSR count). The second kappa shape index (κ2) is 11.3. The van der Waals surface area contributed by atoms with Gasteiger partial charge in [0.05, 0.1) is 0 Å². The van der Waals surface area contributed by atoms with Crippen LogP contribution in [0.2, 0.25) is 0 Å². The van der Waals surface area contributed by atoms with Crippen molar-refractivity contribution < 1.29 is 4.74 Å². The molecule has 156 valence electrons. The largest absolute Gasteiger partial charge is 0.490 e. The number of nitrogens with zero attached hydrogens (tertiary/aromatic N) is 3. The number of anilines is 1. The molecule has 1 heterocycles. The van der Waals surface area contributed by atoms with Gasteiger partial charge >= 0.3 is 0 Å². The molecule has 0 aliphatic carbocycles. The Morgan fingerprint density at radius 2 is 1.69 bits per heavy atom. The summed E-state index contributed by atoms with van der Waals surface area (Å²) >= 11 is 0. The van der Waals surface area contributed by atoms with Crippen molar-refractivity contribution in [2.24, 2.45) is 4.99 Å². The fourth-order valence-electron chi connectivity index (χ4n) is 3.69. The lowest BCUT2D eigenvalue weighted by Gasteiger charge is -2.34. The van der Waals surface area contributed by atoms with Gasteiger partial charge < -0.3 is 19.9 Å². The summed E-state index contributed by atoms with van der Waals surface area (Å²) in [7, 11) is 4.03. The Morgan fingerprint density at radius 3 is 2.34 bits per heavy atom. The minimum absolute atomic E-state index is 0.292. The minimum Gasteiger partial charge on any atom is -0.490 e. The van der Waals surface area contributed by atoms with Gasteiger partial charge in [0.15, 0.2) is 5.96 Å². The van der Waals surface area contributed by atoms with Gasteiger partial charge in [0, 0.05) is 58.8 Å². The summed E-state index contributed by atoms with van der Waals surface area (Å²) in [6.45, 7) is 3.98. The molecule has 2 aromatic carbocycles. The summed E-state index contributed by atoms with van der Waals surface area (Å²) in [5, 5.41) is 3.53. The maximum atomic E-state index is 6.10. The summed E-state index contributed by atoms with van der Waals surface area (Å²) in [6, 6.07) is 20.7. The van der Waals surface area contributed by atoms with Crippen molar-refractivity contribution >= 4 is 11.6 Å². The lowest BCUT2D eigenvalue weighted by atomic mass is 10.1. The van der Waals surface area contributed by atoms with E-state index in [1.165, 1.54) is 5.69 Å². The molecule has 1 aliphatic heterocycles. The first-order valence-electron chi connectivity index (χ1n) is 10.7. The van der Waals surface area contributed by atoms with Gasteiger partial charge in [0.25, 0.3) is 0 Å². The lowest BCUT2D eigenvalue weighted by Crippen LogP contribution is -2.47. The molecule has 2 aromatic rings. The van der Waals surface area contributed by atoms with Gasteiger partial charge in [0.1, 0.15) is 11.9 Å².